The van der Waals surface area contributed by atoms with E-state index in [-0.39, 0.29) is 5.56 Å². The highest BCUT2D eigenvalue weighted by molar-refractivity contribution is 7.21. The number of fused-ring (bicyclic) bond motifs is 1. The standard InChI is InChI=1S/C16H12FNO3S/c1-20-12-7-11-14(8-13(12)21-2)22-16(18-11)10-5-3-9(4-6-10)15(17)19/h3-8H,1-2H3. The van der Waals surface area contributed by atoms with Gasteiger partial charge < -0.3 is 9.47 Å². The van der Waals surface area contributed by atoms with Crippen molar-refractivity contribution in [1.82, 2.24) is 4.98 Å². The van der Waals surface area contributed by atoms with Crippen LogP contribution in [0.3, 0.4) is 0 Å². The van der Waals surface area contributed by atoms with E-state index < -0.39 is 6.04 Å². The Bertz CT molecular complexity index is 801. The zero-order chi connectivity index (χ0) is 15.7. The SMILES string of the molecule is COc1cc2nc(-c3ccc(C(=O)F)cc3)sc2cc1OC. The van der Waals surface area contributed by atoms with Gasteiger partial charge in [0.25, 0.3) is 0 Å². The van der Waals surface area contributed by atoms with Crippen molar-refractivity contribution in [2.24, 2.45) is 0 Å². The minimum absolute atomic E-state index is 0.0354. The monoisotopic (exact) mass is 317 g/mol. The molecule has 1 heterocycles. The van der Waals surface area contributed by atoms with Crippen LogP contribution in [0.1, 0.15) is 10.4 Å². The van der Waals surface area contributed by atoms with Crippen molar-refractivity contribution in [3.8, 4) is 22.1 Å². The van der Waals surface area contributed by atoms with Gasteiger partial charge in [0.1, 0.15) is 5.01 Å². The van der Waals surface area contributed by atoms with Crippen LogP contribution in [0.4, 0.5) is 4.39 Å². The lowest BCUT2D eigenvalue weighted by Crippen LogP contribution is -1.89. The van der Waals surface area contributed by atoms with Gasteiger partial charge in [-0.15, -0.1) is 11.3 Å². The van der Waals surface area contributed by atoms with Crippen molar-refractivity contribution in [2.75, 3.05) is 14.2 Å². The van der Waals surface area contributed by atoms with Crippen LogP contribution >= 0.6 is 11.3 Å². The highest BCUT2D eigenvalue weighted by Gasteiger charge is 2.12. The molecule has 0 N–H and O–H groups in total. The highest BCUT2D eigenvalue weighted by Crippen LogP contribution is 2.37. The van der Waals surface area contributed by atoms with Crippen LogP contribution in [0.25, 0.3) is 20.8 Å². The van der Waals surface area contributed by atoms with E-state index in [1.54, 1.807) is 26.4 Å². The summed E-state index contributed by atoms with van der Waals surface area (Å²) in [5, 5.41) is 0.781. The lowest BCUT2D eigenvalue weighted by Gasteiger charge is -2.05. The molecule has 2 aromatic carbocycles. The first kappa shape index (κ1) is 14.5. The van der Waals surface area contributed by atoms with Crippen LogP contribution in [-0.2, 0) is 0 Å². The van der Waals surface area contributed by atoms with Gasteiger partial charge >= 0.3 is 6.04 Å². The van der Waals surface area contributed by atoms with Crippen LogP contribution in [0, 0.1) is 0 Å². The minimum Gasteiger partial charge on any atom is -0.493 e. The van der Waals surface area contributed by atoms with Crippen molar-refractivity contribution >= 4 is 27.6 Å². The number of carbonyl (C=O) groups excluding carboxylic acids is 1. The number of carbonyl (C=O) groups is 1. The Kier molecular flexibility index (Phi) is 3.77. The van der Waals surface area contributed by atoms with Crippen molar-refractivity contribution < 1.29 is 18.7 Å². The van der Waals surface area contributed by atoms with Crippen molar-refractivity contribution in [3.63, 3.8) is 0 Å². The van der Waals surface area contributed by atoms with Gasteiger partial charge in [-0.1, -0.05) is 12.1 Å². The molecule has 1 aromatic heterocycles. The van der Waals surface area contributed by atoms with E-state index in [1.807, 2.05) is 12.1 Å². The molecule has 0 radical (unpaired) electrons. The van der Waals surface area contributed by atoms with E-state index in [4.69, 9.17) is 9.47 Å². The van der Waals surface area contributed by atoms with Crippen LogP contribution in [0.5, 0.6) is 11.5 Å². The topological polar surface area (TPSA) is 48.4 Å². The molecule has 3 rings (SSSR count). The zero-order valence-electron chi connectivity index (χ0n) is 11.9. The van der Waals surface area contributed by atoms with E-state index >= 15 is 0 Å². The first-order chi connectivity index (χ1) is 10.6. The number of aromatic nitrogens is 1. The molecule has 0 aliphatic rings. The predicted octanol–water partition coefficient (Wildman–Crippen LogP) is 4.09. The third-order valence-electron chi connectivity index (χ3n) is 3.25. The fraction of sp³-hybridized carbons (Fsp3) is 0.125. The first-order valence-corrected chi connectivity index (χ1v) is 7.27. The third-order valence-corrected chi connectivity index (χ3v) is 4.32. The molecule has 0 bridgehead atoms. The van der Waals surface area contributed by atoms with E-state index in [0.29, 0.717) is 11.5 Å². The normalized spacial score (nSPS) is 10.7. The molecule has 0 unspecified atom stereocenters. The molecule has 3 aromatic rings. The lowest BCUT2D eigenvalue weighted by molar-refractivity contribution is 0.0836. The van der Waals surface area contributed by atoms with E-state index in [1.165, 1.54) is 23.5 Å². The molecular formula is C16H12FNO3S. The van der Waals surface area contributed by atoms with Crippen molar-refractivity contribution in [1.29, 1.82) is 0 Å². The summed E-state index contributed by atoms with van der Waals surface area (Å²) in [4.78, 5) is 15.2. The molecule has 0 spiro atoms. The maximum Gasteiger partial charge on any atom is 0.332 e. The number of ether oxygens (including phenoxy) is 2. The maximum absolute atomic E-state index is 12.6. The van der Waals surface area contributed by atoms with Gasteiger partial charge in [-0.25, -0.2) is 4.98 Å². The second-order valence-corrected chi connectivity index (χ2v) is 5.58. The fourth-order valence-electron chi connectivity index (χ4n) is 2.12. The van der Waals surface area contributed by atoms with Crippen LogP contribution < -0.4 is 9.47 Å². The van der Waals surface area contributed by atoms with Crippen molar-refractivity contribution in [3.05, 3.63) is 42.0 Å². The van der Waals surface area contributed by atoms with Gasteiger partial charge in [0.15, 0.2) is 11.5 Å². The summed E-state index contributed by atoms with van der Waals surface area (Å²) in [6, 6.07) is 8.50. The number of rotatable bonds is 4. The third kappa shape index (κ3) is 2.53. The lowest BCUT2D eigenvalue weighted by atomic mass is 10.1. The zero-order valence-corrected chi connectivity index (χ0v) is 12.7. The summed E-state index contributed by atoms with van der Waals surface area (Å²) in [5.74, 6) is 1.26. The molecule has 0 amide bonds. The van der Waals surface area contributed by atoms with Gasteiger partial charge in [-0.2, -0.15) is 4.39 Å². The summed E-state index contributed by atoms with van der Waals surface area (Å²) < 4.78 is 24.1. The molecule has 0 saturated heterocycles. The molecule has 0 saturated carbocycles. The molecule has 0 aliphatic carbocycles. The molecule has 6 heteroatoms. The summed E-state index contributed by atoms with van der Waals surface area (Å²) in [7, 11) is 3.15. The molecule has 0 atom stereocenters. The molecule has 22 heavy (non-hydrogen) atoms. The number of hydrogen-bond acceptors (Lipinski definition) is 5. The molecule has 112 valence electrons. The Labute approximate surface area is 130 Å². The number of hydrogen-bond donors (Lipinski definition) is 0. The fourth-order valence-corrected chi connectivity index (χ4v) is 3.10. The molecule has 0 aliphatic heterocycles. The smallest absolute Gasteiger partial charge is 0.332 e. The number of halogens is 1. The van der Waals surface area contributed by atoms with Crippen LogP contribution in [0.2, 0.25) is 0 Å². The molecule has 0 fully saturated rings. The Morgan fingerprint density at radius 1 is 1.09 bits per heavy atom. The summed E-state index contributed by atoms with van der Waals surface area (Å²) in [6.07, 6.45) is 0. The Morgan fingerprint density at radius 3 is 2.32 bits per heavy atom. The quantitative estimate of drug-likeness (QED) is 0.680. The average molecular weight is 317 g/mol. The largest absolute Gasteiger partial charge is 0.493 e. The summed E-state index contributed by atoms with van der Waals surface area (Å²) >= 11 is 1.49. The second kappa shape index (κ2) is 5.73. The van der Waals surface area contributed by atoms with Gasteiger partial charge in [0.05, 0.1) is 30.0 Å². The van der Waals surface area contributed by atoms with Crippen LogP contribution in [0.15, 0.2) is 36.4 Å². The van der Waals surface area contributed by atoms with Gasteiger partial charge in [0, 0.05) is 17.7 Å². The Morgan fingerprint density at radius 2 is 1.73 bits per heavy atom. The van der Waals surface area contributed by atoms with Gasteiger partial charge in [-0.3, -0.25) is 4.79 Å². The maximum atomic E-state index is 12.6. The number of methoxy groups -OCH3 is 2. The Hall–Kier alpha value is -2.47. The highest BCUT2D eigenvalue weighted by atomic mass is 32.1. The van der Waals surface area contributed by atoms with Gasteiger partial charge in [0.2, 0.25) is 0 Å². The number of nitrogens with zero attached hydrogens (tertiary/aromatic N) is 1. The van der Waals surface area contributed by atoms with E-state index in [2.05, 4.69) is 4.98 Å². The molecule has 4 nitrogen and oxygen atoms in total. The van der Waals surface area contributed by atoms with Crippen molar-refractivity contribution in [2.45, 2.75) is 0 Å². The minimum atomic E-state index is -1.44. The van der Waals surface area contributed by atoms with Gasteiger partial charge in [-0.05, 0) is 12.1 Å². The first-order valence-electron chi connectivity index (χ1n) is 6.45. The van der Waals surface area contributed by atoms with E-state index in [0.717, 1.165) is 20.8 Å². The second-order valence-electron chi connectivity index (χ2n) is 4.54. The van der Waals surface area contributed by atoms with E-state index in [9.17, 15) is 9.18 Å². The number of thiazole rings is 1. The number of benzene rings is 2. The predicted molar refractivity (Wildman–Crippen MR) is 83.6 cm³/mol. The summed E-state index contributed by atoms with van der Waals surface area (Å²) in [5.41, 5.74) is 1.65. The Balaban J connectivity index is 2.06. The summed E-state index contributed by atoms with van der Waals surface area (Å²) in [6.45, 7) is 0. The average Bonchev–Trinajstić information content (AvgIpc) is 2.96. The molecular weight excluding hydrogens is 305 g/mol. The van der Waals surface area contributed by atoms with Crippen LogP contribution in [-0.4, -0.2) is 25.2 Å².